The number of pyridine rings is 1. The molecule has 0 aliphatic rings. The quantitative estimate of drug-likeness (QED) is 0.873. The number of phenolic OH excluding ortho intramolecular Hbond substituents is 1. The lowest BCUT2D eigenvalue weighted by Gasteiger charge is -2.13. The van der Waals surface area contributed by atoms with Gasteiger partial charge in [-0.3, -0.25) is 4.98 Å². The lowest BCUT2D eigenvalue weighted by molar-refractivity contribution is 0.466. The van der Waals surface area contributed by atoms with Gasteiger partial charge in [-0.2, -0.15) is 0 Å². The number of aryl methyl sites for hydroxylation is 1. The van der Waals surface area contributed by atoms with Gasteiger partial charge in [-0.15, -0.1) is 0 Å². The van der Waals surface area contributed by atoms with Crippen molar-refractivity contribution in [1.29, 1.82) is 0 Å². The first-order valence-corrected chi connectivity index (χ1v) is 6.92. The minimum absolute atomic E-state index is 0.381. The number of hydrogen-bond acceptors (Lipinski definition) is 2. The van der Waals surface area contributed by atoms with Crippen molar-refractivity contribution in [2.45, 2.75) is 39.0 Å². The Bertz CT molecular complexity index is 536. The van der Waals surface area contributed by atoms with E-state index in [1.807, 2.05) is 24.4 Å². The van der Waals surface area contributed by atoms with Gasteiger partial charge in [0.15, 0.2) is 0 Å². The smallest absolute Gasteiger partial charge is 0.118 e. The molecule has 0 amide bonds. The Balaban J connectivity index is 2.13. The molecule has 0 aliphatic carbocycles. The highest BCUT2D eigenvalue weighted by atomic mass is 16.3. The largest absolute Gasteiger partial charge is 0.508 e. The molecule has 0 saturated carbocycles. The summed E-state index contributed by atoms with van der Waals surface area (Å²) < 4.78 is 0. The first-order chi connectivity index (χ1) is 9.20. The normalized spacial score (nSPS) is 12.3. The SMILES string of the molecule is CCCc1cc([C@@H](C)Cc2ccccc2O)ccn1. The van der Waals surface area contributed by atoms with E-state index in [0.717, 1.165) is 30.5 Å². The number of para-hydroxylation sites is 1. The Labute approximate surface area is 115 Å². The summed E-state index contributed by atoms with van der Waals surface area (Å²) in [6.07, 6.45) is 4.88. The molecular weight excluding hydrogens is 234 g/mol. The van der Waals surface area contributed by atoms with Crippen LogP contribution in [-0.2, 0) is 12.8 Å². The van der Waals surface area contributed by atoms with Crippen LogP contribution in [0.3, 0.4) is 0 Å². The number of aromatic hydroxyl groups is 1. The average Bonchev–Trinajstić information content (AvgIpc) is 2.42. The summed E-state index contributed by atoms with van der Waals surface area (Å²) in [6, 6.07) is 11.8. The second-order valence-corrected chi connectivity index (χ2v) is 5.06. The highest BCUT2D eigenvalue weighted by Gasteiger charge is 2.10. The fourth-order valence-electron chi connectivity index (χ4n) is 2.33. The maximum absolute atomic E-state index is 9.83. The van der Waals surface area contributed by atoms with Crippen molar-refractivity contribution in [3.05, 3.63) is 59.4 Å². The van der Waals surface area contributed by atoms with Crippen molar-refractivity contribution in [2.24, 2.45) is 0 Å². The molecule has 0 radical (unpaired) electrons. The Morgan fingerprint density at radius 3 is 2.74 bits per heavy atom. The second kappa shape index (κ2) is 6.37. The minimum atomic E-state index is 0.381. The van der Waals surface area contributed by atoms with Crippen molar-refractivity contribution in [3.8, 4) is 5.75 Å². The number of benzene rings is 1. The zero-order chi connectivity index (χ0) is 13.7. The van der Waals surface area contributed by atoms with Crippen LogP contribution in [0.25, 0.3) is 0 Å². The van der Waals surface area contributed by atoms with E-state index < -0.39 is 0 Å². The van der Waals surface area contributed by atoms with Crippen LogP contribution < -0.4 is 0 Å². The highest BCUT2D eigenvalue weighted by Crippen LogP contribution is 2.25. The summed E-state index contributed by atoms with van der Waals surface area (Å²) in [5, 5.41) is 9.83. The molecule has 0 spiro atoms. The van der Waals surface area contributed by atoms with Crippen molar-refractivity contribution in [1.82, 2.24) is 4.98 Å². The number of aromatic nitrogens is 1. The maximum Gasteiger partial charge on any atom is 0.118 e. The van der Waals surface area contributed by atoms with Crippen LogP contribution in [0.15, 0.2) is 42.6 Å². The number of hydrogen-bond donors (Lipinski definition) is 1. The van der Waals surface area contributed by atoms with E-state index in [2.05, 4.69) is 31.0 Å². The van der Waals surface area contributed by atoms with Crippen molar-refractivity contribution >= 4 is 0 Å². The van der Waals surface area contributed by atoms with Crippen LogP contribution in [0.2, 0.25) is 0 Å². The molecule has 0 fully saturated rings. The van der Waals surface area contributed by atoms with Gasteiger partial charge < -0.3 is 5.11 Å². The number of rotatable bonds is 5. The fourth-order valence-corrected chi connectivity index (χ4v) is 2.33. The van der Waals surface area contributed by atoms with E-state index in [0.29, 0.717) is 11.7 Å². The monoisotopic (exact) mass is 255 g/mol. The van der Waals surface area contributed by atoms with E-state index in [1.54, 1.807) is 6.07 Å². The molecule has 1 atom stereocenters. The van der Waals surface area contributed by atoms with Gasteiger partial charge in [-0.25, -0.2) is 0 Å². The molecule has 2 heteroatoms. The Morgan fingerprint density at radius 1 is 1.21 bits per heavy atom. The highest BCUT2D eigenvalue weighted by molar-refractivity contribution is 5.34. The fraction of sp³-hybridized carbons (Fsp3) is 0.353. The molecule has 19 heavy (non-hydrogen) atoms. The number of phenols is 1. The molecule has 1 heterocycles. The molecule has 100 valence electrons. The topological polar surface area (TPSA) is 33.1 Å². The van der Waals surface area contributed by atoms with Crippen LogP contribution in [0.5, 0.6) is 5.75 Å². The summed E-state index contributed by atoms with van der Waals surface area (Å²) in [5.41, 5.74) is 3.45. The third kappa shape index (κ3) is 3.57. The molecule has 1 aromatic carbocycles. The Kier molecular flexibility index (Phi) is 4.56. The minimum Gasteiger partial charge on any atom is -0.508 e. The van der Waals surface area contributed by atoms with E-state index in [9.17, 15) is 5.11 Å². The molecule has 2 aromatic rings. The third-order valence-corrected chi connectivity index (χ3v) is 3.43. The molecular formula is C17H21NO. The predicted molar refractivity (Wildman–Crippen MR) is 78.5 cm³/mol. The first-order valence-electron chi connectivity index (χ1n) is 6.92. The van der Waals surface area contributed by atoms with Gasteiger partial charge in [0.1, 0.15) is 5.75 Å². The summed E-state index contributed by atoms with van der Waals surface area (Å²) >= 11 is 0. The molecule has 1 aromatic heterocycles. The first kappa shape index (κ1) is 13.6. The van der Waals surface area contributed by atoms with E-state index in [4.69, 9.17) is 0 Å². The molecule has 2 rings (SSSR count). The molecule has 2 nitrogen and oxygen atoms in total. The van der Waals surface area contributed by atoms with Crippen molar-refractivity contribution < 1.29 is 5.11 Å². The Hall–Kier alpha value is -1.83. The summed E-state index contributed by atoms with van der Waals surface area (Å²) in [4.78, 5) is 4.39. The van der Waals surface area contributed by atoms with E-state index in [1.165, 1.54) is 5.56 Å². The van der Waals surface area contributed by atoms with E-state index in [-0.39, 0.29) is 0 Å². The maximum atomic E-state index is 9.83. The van der Waals surface area contributed by atoms with Gasteiger partial charge in [-0.05, 0) is 48.1 Å². The van der Waals surface area contributed by atoms with Gasteiger partial charge in [0.2, 0.25) is 0 Å². The lowest BCUT2D eigenvalue weighted by Crippen LogP contribution is -2.01. The van der Waals surface area contributed by atoms with Gasteiger partial charge in [-0.1, -0.05) is 38.5 Å². The van der Waals surface area contributed by atoms with Crippen molar-refractivity contribution in [2.75, 3.05) is 0 Å². The zero-order valence-electron chi connectivity index (χ0n) is 11.6. The van der Waals surface area contributed by atoms with Crippen LogP contribution >= 0.6 is 0 Å². The summed E-state index contributed by atoms with van der Waals surface area (Å²) in [7, 11) is 0. The van der Waals surface area contributed by atoms with Crippen molar-refractivity contribution in [3.63, 3.8) is 0 Å². The van der Waals surface area contributed by atoms with Gasteiger partial charge in [0.25, 0.3) is 0 Å². The average molecular weight is 255 g/mol. The molecule has 0 saturated heterocycles. The van der Waals surface area contributed by atoms with Crippen LogP contribution in [-0.4, -0.2) is 10.1 Å². The van der Waals surface area contributed by atoms with Crippen LogP contribution in [0, 0.1) is 0 Å². The molecule has 0 bridgehead atoms. The summed E-state index contributed by atoms with van der Waals surface area (Å²) in [5.74, 6) is 0.768. The zero-order valence-corrected chi connectivity index (χ0v) is 11.6. The van der Waals surface area contributed by atoms with Gasteiger partial charge in [0.05, 0.1) is 0 Å². The predicted octanol–water partition coefficient (Wildman–Crippen LogP) is 4.09. The molecule has 1 N–H and O–H groups in total. The van der Waals surface area contributed by atoms with Gasteiger partial charge in [0, 0.05) is 11.9 Å². The van der Waals surface area contributed by atoms with Crippen LogP contribution in [0.1, 0.15) is 43.0 Å². The molecule has 0 aliphatic heterocycles. The lowest BCUT2D eigenvalue weighted by atomic mass is 9.93. The molecule has 0 unspecified atom stereocenters. The van der Waals surface area contributed by atoms with Crippen LogP contribution in [0.4, 0.5) is 0 Å². The number of nitrogens with zero attached hydrogens (tertiary/aromatic N) is 1. The third-order valence-electron chi connectivity index (χ3n) is 3.43. The Morgan fingerprint density at radius 2 is 2.00 bits per heavy atom. The second-order valence-electron chi connectivity index (χ2n) is 5.06. The summed E-state index contributed by atoms with van der Waals surface area (Å²) in [6.45, 7) is 4.36. The standard InChI is InChI=1S/C17H21NO/c1-3-6-16-12-14(9-10-18-16)13(2)11-15-7-4-5-8-17(15)19/h4-5,7-10,12-13,19H,3,6,11H2,1-2H3/t13-/m0/s1. The van der Waals surface area contributed by atoms with E-state index >= 15 is 0 Å². The van der Waals surface area contributed by atoms with Gasteiger partial charge >= 0.3 is 0 Å².